The van der Waals surface area contributed by atoms with Crippen molar-refractivity contribution in [2.24, 2.45) is 0 Å². The second kappa shape index (κ2) is 7.39. The molecule has 0 aliphatic heterocycles. The highest BCUT2D eigenvalue weighted by Gasteiger charge is 2.20. The number of carboxylic acids is 1. The number of rotatable bonds is 6. The summed E-state index contributed by atoms with van der Waals surface area (Å²) in [5.74, 6) is -2.35. The Hall–Kier alpha value is -2.48. The number of benzene rings is 1. The zero-order valence-electron chi connectivity index (χ0n) is 12.9. The van der Waals surface area contributed by atoms with Gasteiger partial charge < -0.3 is 15.2 Å². The van der Waals surface area contributed by atoms with Gasteiger partial charge in [-0.05, 0) is 37.6 Å². The summed E-state index contributed by atoms with van der Waals surface area (Å²) in [6.07, 6.45) is 0. The van der Waals surface area contributed by atoms with Crippen molar-refractivity contribution in [2.45, 2.75) is 26.4 Å². The first-order valence-electron chi connectivity index (χ1n) is 6.97. The Morgan fingerprint density at radius 1 is 1.25 bits per heavy atom. The normalized spacial score (nSPS) is 12.0. The van der Waals surface area contributed by atoms with Crippen molar-refractivity contribution >= 4 is 28.9 Å². The molecule has 2 aromatic rings. The molecule has 24 heavy (non-hydrogen) atoms. The van der Waals surface area contributed by atoms with E-state index in [2.05, 4.69) is 10.1 Å². The van der Waals surface area contributed by atoms with Gasteiger partial charge in [0, 0.05) is 10.6 Å². The van der Waals surface area contributed by atoms with Crippen LogP contribution in [0.15, 0.2) is 30.3 Å². The minimum Gasteiger partial charge on any atom is -0.481 e. The van der Waals surface area contributed by atoms with E-state index in [-0.39, 0.29) is 10.6 Å². The molecule has 5 nitrogen and oxygen atoms in total. The Balaban J connectivity index is 2.14. The van der Waals surface area contributed by atoms with Gasteiger partial charge in [0.2, 0.25) is 0 Å². The van der Waals surface area contributed by atoms with E-state index in [1.54, 1.807) is 38.1 Å². The van der Waals surface area contributed by atoms with Gasteiger partial charge >= 0.3 is 12.6 Å². The fourth-order valence-electron chi connectivity index (χ4n) is 2.02. The maximum atomic E-state index is 12.4. The number of carboxylic acid groups (broad SMARTS) is 1. The van der Waals surface area contributed by atoms with E-state index < -0.39 is 24.4 Å². The van der Waals surface area contributed by atoms with Gasteiger partial charge in [0.25, 0.3) is 5.91 Å². The van der Waals surface area contributed by atoms with Crippen LogP contribution in [0.5, 0.6) is 5.75 Å². The Morgan fingerprint density at radius 3 is 2.42 bits per heavy atom. The van der Waals surface area contributed by atoms with Gasteiger partial charge in [-0.25, -0.2) is 0 Å². The van der Waals surface area contributed by atoms with Crippen molar-refractivity contribution in [3.8, 4) is 5.75 Å². The van der Waals surface area contributed by atoms with E-state index in [1.165, 1.54) is 6.07 Å². The molecule has 8 heteroatoms. The zero-order valence-corrected chi connectivity index (χ0v) is 13.7. The van der Waals surface area contributed by atoms with Gasteiger partial charge in [0.15, 0.2) is 0 Å². The van der Waals surface area contributed by atoms with Crippen LogP contribution in [0.3, 0.4) is 0 Å². The Labute approximate surface area is 140 Å². The topological polar surface area (TPSA) is 75.6 Å². The van der Waals surface area contributed by atoms with Crippen LogP contribution < -0.4 is 10.1 Å². The number of anilines is 1. The summed E-state index contributed by atoms with van der Waals surface area (Å²) in [5, 5.41) is 11.5. The summed E-state index contributed by atoms with van der Waals surface area (Å²) >= 11 is 1.05. The quantitative estimate of drug-likeness (QED) is 0.818. The number of aliphatic carboxylic acids is 1. The van der Waals surface area contributed by atoms with Crippen molar-refractivity contribution in [3.05, 3.63) is 45.6 Å². The maximum absolute atomic E-state index is 12.4. The minimum absolute atomic E-state index is 0.0516. The van der Waals surface area contributed by atoms with Crippen molar-refractivity contribution in [2.75, 3.05) is 5.32 Å². The number of nitrogens with one attached hydrogen (secondary N) is 1. The number of hydrogen-bond donors (Lipinski definition) is 2. The van der Waals surface area contributed by atoms with Crippen molar-refractivity contribution in [1.29, 1.82) is 0 Å². The molecule has 0 saturated heterocycles. The highest BCUT2D eigenvalue weighted by molar-refractivity contribution is 7.14. The molecule has 1 amide bonds. The highest BCUT2D eigenvalue weighted by Crippen LogP contribution is 2.31. The van der Waals surface area contributed by atoms with Gasteiger partial charge in [-0.2, -0.15) is 8.78 Å². The molecule has 1 atom stereocenters. The molecule has 1 aromatic heterocycles. The van der Waals surface area contributed by atoms with Crippen LogP contribution in [0.1, 0.15) is 33.0 Å². The Kier molecular flexibility index (Phi) is 5.50. The fourth-order valence-corrected chi connectivity index (χ4v) is 2.86. The smallest absolute Gasteiger partial charge is 0.387 e. The van der Waals surface area contributed by atoms with Crippen molar-refractivity contribution in [3.63, 3.8) is 0 Å². The number of alkyl halides is 2. The van der Waals surface area contributed by atoms with Crippen molar-refractivity contribution in [1.82, 2.24) is 0 Å². The molecule has 128 valence electrons. The molecular weight excluding hydrogens is 340 g/mol. The molecular formula is C16H15F2NO4S. The molecule has 0 saturated carbocycles. The van der Waals surface area contributed by atoms with Crippen LogP contribution in [-0.2, 0) is 4.79 Å². The molecule has 1 unspecified atom stereocenters. The lowest BCUT2D eigenvalue weighted by Crippen LogP contribution is -2.13. The van der Waals surface area contributed by atoms with Gasteiger partial charge in [-0.15, -0.1) is 11.3 Å². The van der Waals surface area contributed by atoms with E-state index >= 15 is 0 Å². The molecule has 0 fully saturated rings. The van der Waals surface area contributed by atoms with E-state index in [4.69, 9.17) is 5.11 Å². The Bertz CT molecular complexity index is 743. The molecule has 0 radical (unpaired) electrons. The first-order chi connectivity index (χ1) is 11.3. The van der Waals surface area contributed by atoms with Gasteiger partial charge in [-0.3, -0.25) is 9.59 Å². The summed E-state index contributed by atoms with van der Waals surface area (Å²) in [5.41, 5.74) is 1.02. The lowest BCUT2D eigenvalue weighted by Gasteiger charge is -2.09. The van der Waals surface area contributed by atoms with E-state index in [9.17, 15) is 18.4 Å². The maximum Gasteiger partial charge on any atom is 0.387 e. The van der Waals surface area contributed by atoms with Gasteiger partial charge in [-0.1, -0.05) is 12.1 Å². The van der Waals surface area contributed by atoms with Crippen LogP contribution in [0, 0.1) is 6.92 Å². The predicted molar refractivity (Wildman–Crippen MR) is 86.1 cm³/mol. The SMILES string of the molecule is Cc1cc(OC(F)F)c(C(=O)Nc2ccc(C(C)C(=O)O)cc2)s1. The second-order valence-corrected chi connectivity index (χ2v) is 6.32. The summed E-state index contributed by atoms with van der Waals surface area (Å²) < 4.78 is 29.1. The molecule has 0 aliphatic rings. The summed E-state index contributed by atoms with van der Waals surface area (Å²) in [6, 6.07) is 7.67. The zero-order chi connectivity index (χ0) is 17.9. The first-order valence-corrected chi connectivity index (χ1v) is 7.79. The first kappa shape index (κ1) is 17.9. The van der Waals surface area contributed by atoms with Crippen LogP contribution in [0.4, 0.5) is 14.5 Å². The van der Waals surface area contributed by atoms with Crippen LogP contribution in [-0.4, -0.2) is 23.6 Å². The predicted octanol–water partition coefficient (Wildman–Crippen LogP) is 4.10. The number of carbonyl (C=O) groups excluding carboxylic acids is 1. The summed E-state index contributed by atoms with van der Waals surface area (Å²) in [6.45, 7) is 0.225. The minimum atomic E-state index is -3.01. The lowest BCUT2D eigenvalue weighted by atomic mass is 10.0. The molecule has 0 aliphatic carbocycles. The largest absolute Gasteiger partial charge is 0.481 e. The fraction of sp³-hybridized carbons (Fsp3) is 0.250. The number of hydrogen-bond acceptors (Lipinski definition) is 4. The molecule has 2 rings (SSSR count). The molecule has 0 spiro atoms. The number of carbonyl (C=O) groups is 2. The van der Waals surface area contributed by atoms with Crippen LogP contribution in [0.25, 0.3) is 0 Å². The number of halogens is 2. The molecule has 1 aromatic carbocycles. The highest BCUT2D eigenvalue weighted by atomic mass is 32.1. The molecule has 0 bridgehead atoms. The number of amides is 1. The summed E-state index contributed by atoms with van der Waals surface area (Å²) in [7, 11) is 0. The standard InChI is InChI=1S/C16H15F2NO4S/c1-8-7-12(23-16(17)18)13(24-8)14(20)19-11-5-3-10(4-6-11)9(2)15(21)22/h3-7,9,16H,1-2H3,(H,19,20)(H,21,22). The van der Waals surface area contributed by atoms with Crippen LogP contribution >= 0.6 is 11.3 Å². The average molecular weight is 355 g/mol. The van der Waals surface area contributed by atoms with Gasteiger partial charge in [0.1, 0.15) is 10.6 Å². The van der Waals surface area contributed by atoms with Crippen LogP contribution in [0.2, 0.25) is 0 Å². The summed E-state index contributed by atoms with van der Waals surface area (Å²) in [4.78, 5) is 23.9. The second-order valence-electron chi connectivity index (χ2n) is 5.06. The monoisotopic (exact) mass is 355 g/mol. The van der Waals surface area contributed by atoms with E-state index in [0.29, 0.717) is 16.1 Å². The molecule has 1 heterocycles. The van der Waals surface area contributed by atoms with E-state index in [1.807, 2.05) is 0 Å². The van der Waals surface area contributed by atoms with Gasteiger partial charge in [0.05, 0.1) is 5.92 Å². The number of thiophene rings is 1. The lowest BCUT2D eigenvalue weighted by molar-refractivity contribution is -0.138. The molecule has 2 N–H and O–H groups in total. The third kappa shape index (κ3) is 4.29. The number of aryl methyl sites for hydroxylation is 1. The van der Waals surface area contributed by atoms with E-state index in [0.717, 1.165) is 11.3 Å². The Morgan fingerprint density at radius 2 is 1.88 bits per heavy atom. The average Bonchev–Trinajstić information content (AvgIpc) is 2.87. The third-order valence-electron chi connectivity index (χ3n) is 3.28. The number of ether oxygens (including phenoxy) is 1. The third-order valence-corrected chi connectivity index (χ3v) is 4.31. The van der Waals surface area contributed by atoms with Crippen molar-refractivity contribution < 1.29 is 28.2 Å².